The minimum absolute atomic E-state index is 0.699. The topological polar surface area (TPSA) is 35.2 Å². The van der Waals surface area contributed by atoms with Crippen molar-refractivity contribution in [1.29, 1.82) is 0 Å². The van der Waals surface area contributed by atoms with E-state index in [1.807, 2.05) is 13.0 Å². The largest absolute Gasteiger partial charge is 0.493 e. The lowest BCUT2D eigenvalue weighted by atomic mass is 9.98. The van der Waals surface area contributed by atoms with Crippen LogP contribution in [0.4, 0.5) is 0 Å². The van der Waals surface area contributed by atoms with Crippen molar-refractivity contribution in [3.05, 3.63) is 28.2 Å². The molecule has 1 unspecified atom stereocenters. The van der Waals surface area contributed by atoms with E-state index < -0.39 is 0 Å². The summed E-state index contributed by atoms with van der Waals surface area (Å²) in [6.45, 7) is 5.74. The molecule has 0 saturated heterocycles. The summed E-state index contributed by atoms with van der Waals surface area (Å²) in [6, 6.07) is 6.33. The maximum atomic E-state index is 5.55. The van der Waals surface area contributed by atoms with Gasteiger partial charge in [-0.2, -0.15) is 0 Å². The highest BCUT2D eigenvalue weighted by Gasteiger charge is 2.05. The molecule has 1 rings (SSSR count). The molecule has 0 amide bonds. The smallest absolute Gasteiger partial charge is 0.133 e. The van der Waals surface area contributed by atoms with Gasteiger partial charge in [-0.05, 0) is 72.3 Å². The Morgan fingerprint density at radius 3 is 2.71 bits per heavy atom. The summed E-state index contributed by atoms with van der Waals surface area (Å²) in [5.74, 6) is 1.62. The lowest BCUT2D eigenvalue weighted by Crippen LogP contribution is -2.06. The van der Waals surface area contributed by atoms with Crippen LogP contribution in [0, 0.1) is 5.92 Å². The van der Waals surface area contributed by atoms with Crippen LogP contribution in [-0.2, 0) is 6.42 Å². The van der Waals surface area contributed by atoms with Crippen LogP contribution in [0.1, 0.15) is 32.3 Å². The molecule has 0 aliphatic carbocycles. The standard InChI is InChI=1S/C14H22BrNO/c1-3-17-14-7-6-12(10-13(14)15)5-4-11(2)8-9-16/h6-7,10-11H,3-5,8-9,16H2,1-2H3. The number of aryl methyl sites for hydroxylation is 1. The molecule has 0 aliphatic rings. The van der Waals surface area contributed by atoms with Crippen LogP contribution < -0.4 is 10.5 Å². The first kappa shape index (κ1) is 14.5. The molecule has 0 saturated carbocycles. The Kier molecular flexibility index (Phi) is 6.60. The van der Waals surface area contributed by atoms with Crippen molar-refractivity contribution in [3.8, 4) is 5.75 Å². The molecule has 1 aromatic rings. The molecule has 0 heterocycles. The van der Waals surface area contributed by atoms with Crippen molar-refractivity contribution in [2.75, 3.05) is 13.2 Å². The molecule has 2 nitrogen and oxygen atoms in total. The van der Waals surface area contributed by atoms with Gasteiger partial charge in [-0.15, -0.1) is 0 Å². The number of hydrogen-bond donors (Lipinski definition) is 1. The first-order valence-electron chi connectivity index (χ1n) is 6.28. The number of nitrogens with two attached hydrogens (primary N) is 1. The Balaban J connectivity index is 2.52. The van der Waals surface area contributed by atoms with Gasteiger partial charge in [0.15, 0.2) is 0 Å². The van der Waals surface area contributed by atoms with Gasteiger partial charge in [-0.1, -0.05) is 13.0 Å². The number of ether oxygens (including phenoxy) is 1. The van der Waals surface area contributed by atoms with Crippen molar-refractivity contribution in [3.63, 3.8) is 0 Å². The number of rotatable bonds is 7. The number of halogens is 1. The van der Waals surface area contributed by atoms with Crippen LogP contribution in [0.2, 0.25) is 0 Å². The molecule has 2 N–H and O–H groups in total. The predicted octanol–water partition coefficient (Wildman–Crippen LogP) is 3.77. The molecular formula is C14H22BrNO. The summed E-state index contributed by atoms with van der Waals surface area (Å²) in [7, 11) is 0. The molecule has 3 heteroatoms. The van der Waals surface area contributed by atoms with Gasteiger partial charge in [0.2, 0.25) is 0 Å². The van der Waals surface area contributed by atoms with Crippen LogP contribution in [0.5, 0.6) is 5.75 Å². The Bertz CT molecular complexity index is 341. The van der Waals surface area contributed by atoms with Crippen molar-refractivity contribution >= 4 is 15.9 Å². The molecule has 0 radical (unpaired) electrons. The van der Waals surface area contributed by atoms with E-state index in [1.54, 1.807) is 0 Å². The van der Waals surface area contributed by atoms with Crippen molar-refractivity contribution in [2.24, 2.45) is 11.7 Å². The minimum atomic E-state index is 0.699. The fourth-order valence-electron chi connectivity index (χ4n) is 1.81. The highest BCUT2D eigenvalue weighted by molar-refractivity contribution is 9.10. The third-order valence-electron chi connectivity index (χ3n) is 2.88. The van der Waals surface area contributed by atoms with Gasteiger partial charge < -0.3 is 10.5 Å². The summed E-state index contributed by atoms with van der Waals surface area (Å²) in [5, 5.41) is 0. The van der Waals surface area contributed by atoms with Gasteiger partial charge >= 0.3 is 0 Å². The Labute approximate surface area is 113 Å². The van der Waals surface area contributed by atoms with E-state index >= 15 is 0 Å². The fourth-order valence-corrected chi connectivity index (χ4v) is 2.35. The van der Waals surface area contributed by atoms with E-state index in [9.17, 15) is 0 Å². The van der Waals surface area contributed by atoms with Crippen LogP contribution in [0.15, 0.2) is 22.7 Å². The molecule has 0 aromatic heterocycles. The predicted molar refractivity (Wildman–Crippen MR) is 76.5 cm³/mol. The fraction of sp³-hybridized carbons (Fsp3) is 0.571. The van der Waals surface area contributed by atoms with E-state index in [1.165, 1.54) is 12.0 Å². The van der Waals surface area contributed by atoms with Crippen molar-refractivity contribution < 1.29 is 4.74 Å². The zero-order valence-electron chi connectivity index (χ0n) is 10.7. The summed E-state index contributed by atoms with van der Waals surface area (Å²) in [5.41, 5.74) is 6.90. The molecule has 1 aromatic carbocycles. The molecular weight excluding hydrogens is 278 g/mol. The van der Waals surface area contributed by atoms with Gasteiger partial charge in [-0.3, -0.25) is 0 Å². The lowest BCUT2D eigenvalue weighted by molar-refractivity contribution is 0.338. The zero-order chi connectivity index (χ0) is 12.7. The van der Waals surface area contributed by atoms with Crippen LogP contribution in [0.25, 0.3) is 0 Å². The van der Waals surface area contributed by atoms with Crippen molar-refractivity contribution in [2.45, 2.75) is 33.1 Å². The molecule has 96 valence electrons. The number of hydrogen-bond acceptors (Lipinski definition) is 2. The average molecular weight is 300 g/mol. The van der Waals surface area contributed by atoms with Gasteiger partial charge in [-0.25, -0.2) is 0 Å². The minimum Gasteiger partial charge on any atom is -0.493 e. The second-order valence-electron chi connectivity index (χ2n) is 4.42. The number of benzene rings is 1. The second-order valence-corrected chi connectivity index (χ2v) is 5.27. The maximum absolute atomic E-state index is 5.55. The monoisotopic (exact) mass is 299 g/mol. The van der Waals surface area contributed by atoms with E-state index in [4.69, 9.17) is 10.5 Å². The van der Waals surface area contributed by atoms with Crippen LogP contribution >= 0.6 is 15.9 Å². The Morgan fingerprint density at radius 1 is 1.35 bits per heavy atom. The van der Waals surface area contributed by atoms with Gasteiger partial charge in [0.1, 0.15) is 5.75 Å². The van der Waals surface area contributed by atoms with Gasteiger partial charge in [0.25, 0.3) is 0 Å². The van der Waals surface area contributed by atoms with E-state index in [2.05, 4.69) is 35.0 Å². The summed E-state index contributed by atoms with van der Waals surface area (Å²) in [4.78, 5) is 0. The molecule has 0 aliphatic heterocycles. The Hall–Kier alpha value is -0.540. The van der Waals surface area contributed by atoms with Gasteiger partial charge in [0, 0.05) is 0 Å². The molecule has 0 spiro atoms. The molecule has 0 bridgehead atoms. The lowest BCUT2D eigenvalue weighted by Gasteiger charge is -2.11. The van der Waals surface area contributed by atoms with Crippen LogP contribution in [0.3, 0.4) is 0 Å². The third kappa shape index (κ3) is 5.09. The average Bonchev–Trinajstić information content (AvgIpc) is 2.30. The highest BCUT2D eigenvalue weighted by Crippen LogP contribution is 2.27. The van der Waals surface area contributed by atoms with Crippen LogP contribution in [-0.4, -0.2) is 13.2 Å². The Morgan fingerprint density at radius 2 is 2.12 bits per heavy atom. The first-order valence-corrected chi connectivity index (χ1v) is 7.08. The zero-order valence-corrected chi connectivity index (χ0v) is 12.3. The SMILES string of the molecule is CCOc1ccc(CCC(C)CCN)cc1Br. The molecule has 17 heavy (non-hydrogen) atoms. The van der Waals surface area contributed by atoms with Gasteiger partial charge in [0.05, 0.1) is 11.1 Å². The molecule has 0 fully saturated rings. The second kappa shape index (κ2) is 7.72. The van der Waals surface area contributed by atoms with E-state index in [-0.39, 0.29) is 0 Å². The van der Waals surface area contributed by atoms with E-state index in [0.717, 1.165) is 29.6 Å². The normalized spacial score (nSPS) is 12.5. The quantitative estimate of drug-likeness (QED) is 0.832. The third-order valence-corrected chi connectivity index (χ3v) is 3.50. The summed E-state index contributed by atoms with van der Waals surface area (Å²) >= 11 is 3.54. The maximum Gasteiger partial charge on any atom is 0.133 e. The van der Waals surface area contributed by atoms with E-state index in [0.29, 0.717) is 12.5 Å². The summed E-state index contributed by atoms with van der Waals surface area (Å²) < 4.78 is 6.54. The highest BCUT2D eigenvalue weighted by atomic mass is 79.9. The first-order chi connectivity index (χ1) is 8.17. The molecule has 1 atom stereocenters. The summed E-state index contributed by atoms with van der Waals surface area (Å²) in [6.07, 6.45) is 3.40. The van der Waals surface area contributed by atoms with Crippen molar-refractivity contribution in [1.82, 2.24) is 0 Å².